The molecule has 2 N–H and O–H groups in total. The molecule has 0 fully saturated rings. The van der Waals surface area contributed by atoms with E-state index in [0.717, 1.165) is 51.3 Å². The summed E-state index contributed by atoms with van der Waals surface area (Å²) in [4.78, 5) is 15.6. The van der Waals surface area contributed by atoms with Gasteiger partial charge in [0.1, 0.15) is 0 Å². The van der Waals surface area contributed by atoms with Crippen molar-refractivity contribution in [2.45, 2.75) is 52.1 Å². The van der Waals surface area contributed by atoms with Gasteiger partial charge < -0.3 is 20.1 Å². The van der Waals surface area contributed by atoms with Crippen LogP contribution in [0.2, 0.25) is 0 Å². The lowest BCUT2D eigenvalue weighted by Gasteiger charge is -2.13. The first kappa shape index (κ1) is 26.6. The van der Waals surface area contributed by atoms with Crippen molar-refractivity contribution in [3.05, 3.63) is 35.9 Å². The Morgan fingerprint density at radius 1 is 1.11 bits per heavy atom. The molecule has 0 heterocycles. The summed E-state index contributed by atoms with van der Waals surface area (Å²) in [6.45, 7) is 7.21. The Labute approximate surface area is 186 Å². The van der Waals surface area contributed by atoms with Gasteiger partial charge in [-0.25, -0.2) is 0 Å². The van der Waals surface area contributed by atoms with Gasteiger partial charge >= 0.3 is 5.97 Å². The monoisotopic (exact) mass is 505 g/mol. The van der Waals surface area contributed by atoms with Crippen molar-refractivity contribution >= 4 is 35.9 Å². The van der Waals surface area contributed by atoms with Gasteiger partial charge in [0.2, 0.25) is 0 Å². The predicted molar refractivity (Wildman–Crippen MR) is 125 cm³/mol. The van der Waals surface area contributed by atoms with Gasteiger partial charge in [-0.2, -0.15) is 0 Å². The van der Waals surface area contributed by atoms with Crippen LogP contribution in [0.25, 0.3) is 0 Å². The first-order valence-corrected chi connectivity index (χ1v) is 9.93. The fourth-order valence-electron chi connectivity index (χ4n) is 2.56. The Balaban J connectivity index is 0.00000729. The summed E-state index contributed by atoms with van der Waals surface area (Å²) in [5.41, 5.74) is 1.20. The van der Waals surface area contributed by atoms with Crippen molar-refractivity contribution in [3.63, 3.8) is 0 Å². The van der Waals surface area contributed by atoms with E-state index in [1.165, 1.54) is 12.7 Å². The van der Waals surface area contributed by atoms with E-state index in [0.29, 0.717) is 13.0 Å². The molecule has 28 heavy (non-hydrogen) atoms. The smallest absolute Gasteiger partial charge is 0.305 e. The van der Waals surface area contributed by atoms with Crippen molar-refractivity contribution in [3.8, 4) is 0 Å². The first-order valence-electron chi connectivity index (χ1n) is 9.93. The van der Waals surface area contributed by atoms with Gasteiger partial charge in [-0.1, -0.05) is 36.8 Å². The largest absolute Gasteiger partial charge is 0.469 e. The average molecular weight is 505 g/mol. The quantitative estimate of drug-likeness (QED) is 0.139. The van der Waals surface area contributed by atoms with E-state index in [4.69, 9.17) is 4.74 Å². The number of methoxy groups -OCH3 is 1. The highest BCUT2D eigenvalue weighted by atomic mass is 127. The molecule has 0 radical (unpaired) electrons. The maximum Gasteiger partial charge on any atom is 0.305 e. The minimum Gasteiger partial charge on any atom is -0.469 e. The molecule has 0 aliphatic rings. The van der Waals surface area contributed by atoms with Gasteiger partial charge in [-0.15, -0.1) is 24.0 Å². The number of benzene rings is 1. The Morgan fingerprint density at radius 2 is 1.86 bits per heavy atom. The zero-order valence-corrected chi connectivity index (χ0v) is 19.7. The van der Waals surface area contributed by atoms with Gasteiger partial charge in [-0.3, -0.25) is 9.79 Å². The van der Waals surface area contributed by atoms with Gasteiger partial charge in [0.15, 0.2) is 5.96 Å². The van der Waals surface area contributed by atoms with E-state index in [-0.39, 0.29) is 36.0 Å². The molecule has 0 aliphatic heterocycles. The molecule has 1 aromatic carbocycles. The van der Waals surface area contributed by atoms with Crippen molar-refractivity contribution in [1.82, 2.24) is 10.6 Å². The second-order valence-electron chi connectivity index (χ2n) is 6.35. The summed E-state index contributed by atoms with van der Waals surface area (Å²) in [7, 11) is 1.43. The van der Waals surface area contributed by atoms with E-state index in [2.05, 4.69) is 46.3 Å². The van der Waals surface area contributed by atoms with Gasteiger partial charge in [0.25, 0.3) is 0 Å². The number of nitrogens with one attached hydrogen (secondary N) is 2. The highest BCUT2D eigenvalue weighted by Crippen LogP contribution is 2.15. The molecule has 6 nitrogen and oxygen atoms in total. The molecule has 7 heteroatoms. The zero-order valence-electron chi connectivity index (χ0n) is 17.4. The number of ether oxygens (including phenoxy) is 2. The molecule has 0 aliphatic carbocycles. The van der Waals surface area contributed by atoms with Crippen molar-refractivity contribution < 1.29 is 14.3 Å². The van der Waals surface area contributed by atoms with E-state index < -0.39 is 0 Å². The molecule has 1 aromatic rings. The minimum absolute atomic E-state index is 0. The van der Waals surface area contributed by atoms with Crippen LogP contribution in [0.4, 0.5) is 0 Å². The minimum atomic E-state index is -0.137. The van der Waals surface area contributed by atoms with Crippen LogP contribution in [0.1, 0.15) is 57.6 Å². The van der Waals surface area contributed by atoms with E-state index >= 15 is 0 Å². The summed E-state index contributed by atoms with van der Waals surface area (Å²) in [6.07, 6.45) is 4.33. The average Bonchev–Trinajstić information content (AvgIpc) is 2.70. The fourth-order valence-corrected chi connectivity index (χ4v) is 2.56. The Hall–Kier alpha value is -1.35. The number of unbranched alkanes of at least 4 members (excludes halogenated alkanes) is 2. The highest BCUT2D eigenvalue weighted by molar-refractivity contribution is 14.0. The molecule has 0 bridgehead atoms. The molecule has 0 amide bonds. The lowest BCUT2D eigenvalue weighted by Crippen LogP contribution is -2.37. The fraction of sp³-hybridized carbons (Fsp3) is 0.619. The second-order valence-corrected chi connectivity index (χ2v) is 6.35. The predicted octanol–water partition coefficient (Wildman–Crippen LogP) is 4.06. The summed E-state index contributed by atoms with van der Waals surface area (Å²) < 4.78 is 10.5. The Kier molecular flexibility index (Phi) is 16.9. The van der Waals surface area contributed by atoms with Crippen LogP contribution in [0.15, 0.2) is 35.3 Å². The van der Waals surface area contributed by atoms with Crippen LogP contribution < -0.4 is 10.6 Å². The van der Waals surface area contributed by atoms with Gasteiger partial charge in [0.05, 0.1) is 13.2 Å². The number of carbonyl (C=O) groups excluding carboxylic acids is 1. The Bertz CT molecular complexity index is 541. The van der Waals surface area contributed by atoms with E-state index in [9.17, 15) is 4.79 Å². The normalized spacial score (nSPS) is 12.0. The number of esters is 1. The third-order valence-corrected chi connectivity index (χ3v) is 4.13. The highest BCUT2D eigenvalue weighted by Gasteiger charge is 2.04. The summed E-state index contributed by atoms with van der Waals surface area (Å²) in [5.74, 6) is 0.697. The third kappa shape index (κ3) is 12.9. The van der Waals surface area contributed by atoms with E-state index in [1.54, 1.807) is 0 Å². The maximum absolute atomic E-state index is 11.1. The lowest BCUT2D eigenvalue weighted by molar-refractivity contribution is -0.140. The molecule has 1 unspecified atom stereocenters. The van der Waals surface area contributed by atoms with E-state index in [1.807, 2.05) is 18.2 Å². The lowest BCUT2D eigenvalue weighted by atomic mass is 10.1. The number of hydrogen-bond acceptors (Lipinski definition) is 4. The van der Waals surface area contributed by atoms with Crippen LogP contribution >= 0.6 is 24.0 Å². The number of rotatable bonds is 13. The van der Waals surface area contributed by atoms with Crippen LogP contribution in [0.5, 0.6) is 0 Å². The molecule has 1 rings (SSSR count). The van der Waals surface area contributed by atoms with Crippen molar-refractivity contribution in [2.75, 3.05) is 33.4 Å². The Morgan fingerprint density at radius 3 is 2.54 bits per heavy atom. The van der Waals surface area contributed by atoms with Crippen LogP contribution in [0.3, 0.4) is 0 Å². The standard InChI is InChI=1S/C21H35N3O3.HI/c1-4-22-21(23-15-10-6-9-14-20(25)26-3)24-16-11-17-27-18(2)19-12-7-5-8-13-19;/h5,7-8,12-13,18H,4,6,9-11,14-17H2,1-3H3,(H2,22,23,24);1H. The summed E-state index contributed by atoms with van der Waals surface area (Å²) >= 11 is 0. The first-order chi connectivity index (χ1) is 13.2. The molecule has 0 aromatic heterocycles. The third-order valence-electron chi connectivity index (χ3n) is 4.13. The number of hydrogen-bond donors (Lipinski definition) is 2. The number of aliphatic imine (C=N–C) groups is 1. The molecule has 1 atom stereocenters. The molecular formula is C21H36IN3O3. The van der Waals surface area contributed by atoms with Gasteiger partial charge in [-0.05, 0) is 38.7 Å². The van der Waals surface area contributed by atoms with Gasteiger partial charge in [0, 0.05) is 32.7 Å². The summed E-state index contributed by atoms with van der Waals surface area (Å²) in [5, 5.41) is 6.58. The number of nitrogens with zero attached hydrogens (tertiary/aromatic N) is 1. The number of halogens is 1. The number of carbonyl (C=O) groups is 1. The molecule has 0 saturated carbocycles. The molecule has 0 saturated heterocycles. The molecule has 160 valence electrons. The second kappa shape index (κ2) is 17.7. The maximum atomic E-state index is 11.1. The SMILES string of the molecule is CCNC(=NCCCOC(C)c1ccccc1)NCCCCCC(=O)OC.I. The zero-order chi connectivity index (χ0) is 19.7. The van der Waals surface area contributed by atoms with Crippen molar-refractivity contribution in [1.29, 1.82) is 0 Å². The van der Waals surface area contributed by atoms with Crippen LogP contribution in [0, 0.1) is 0 Å². The topological polar surface area (TPSA) is 72.0 Å². The number of guanidine groups is 1. The van der Waals surface area contributed by atoms with Crippen LogP contribution in [-0.4, -0.2) is 45.3 Å². The molecular weight excluding hydrogens is 469 g/mol. The van der Waals surface area contributed by atoms with Crippen LogP contribution in [-0.2, 0) is 14.3 Å². The van der Waals surface area contributed by atoms with Crippen molar-refractivity contribution in [2.24, 2.45) is 4.99 Å². The molecule has 0 spiro atoms. The summed E-state index contributed by atoms with van der Waals surface area (Å²) in [6, 6.07) is 10.2.